The molecule has 0 atom stereocenters. The Labute approximate surface area is 113 Å². The van der Waals surface area contributed by atoms with E-state index in [-0.39, 0.29) is 11.4 Å². The maximum absolute atomic E-state index is 13.9. The molecule has 2 N–H and O–H groups in total. The molecule has 19 heavy (non-hydrogen) atoms. The van der Waals surface area contributed by atoms with E-state index in [1.165, 1.54) is 6.20 Å². The number of halogens is 1. The van der Waals surface area contributed by atoms with Crippen LogP contribution in [0.2, 0.25) is 0 Å². The van der Waals surface area contributed by atoms with Gasteiger partial charge in [-0.15, -0.1) is 0 Å². The first-order chi connectivity index (χ1) is 8.84. The second-order valence-electron chi connectivity index (χ2n) is 5.36. The van der Waals surface area contributed by atoms with Gasteiger partial charge in [-0.1, -0.05) is 27.7 Å². The predicted molar refractivity (Wildman–Crippen MR) is 72.8 cm³/mol. The van der Waals surface area contributed by atoms with Crippen molar-refractivity contribution in [1.29, 1.82) is 0 Å². The van der Waals surface area contributed by atoms with Crippen LogP contribution in [-0.4, -0.2) is 22.6 Å². The van der Waals surface area contributed by atoms with Gasteiger partial charge in [-0.2, -0.15) is 0 Å². The van der Waals surface area contributed by atoms with Gasteiger partial charge >= 0.3 is 5.97 Å². The lowest BCUT2D eigenvalue weighted by molar-refractivity contribution is 0.0692. The number of aromatic nitrogens is 1. The van der Waals surface area contributed by atoms with Gasteiger partial charge in [-0.05, 0) is 23.8 Å². The first kappa shape index (κ1) is 15.4. The van der Waals surface area contributed by atoms with Gasteiger partial charge in [0.05, 0.1) is 0 Å². The number of anilines is 1. The second kappa shape index (κ2) is 6.50. The van der Waals surface area contributed by atoms with Crippen molar-refractivity contribution >= 4 is 11.8 Å². The highest BCUT2D eigenvalue weighted by Gasteiger charge is 2.19. The number of nitrogens with one attached hydrogen (secondary N) is 1. The highest BCUT2D eigenvalue weighted by molar-refractivity contribution is 5.88. The first-order valence-electron chi connectivity index (χ1n) is 6.46. The summed E-state index contributed by atoms with van der Waals surface area (Å²) >= 11 is 0. The van der Waals surface area contributed by atoms with Crippen LogP contribution in [0.4, 0.5) is 10.2 Å². The Morgan fingerprint density at radius 1 is 1.37 bits per heavy atom. The van der Waals surface area contributed by atoms with E-state index in [9.17, 15) is 9.18 Å². The van der Waals surface area contributed by atoms with Gasteiger partial charge in [0.15, 0.2) is 11.6 Å². The van der Waals surface area contributed by atoms with Gasteiger partial charge < -0.3 is 10.4 Å². The molecule has 106 valence electrons. The summed E-state index contributed by atoms with van der Waals surface area (Å²) in [5.41, 5.74) is -0.358. The Morgan fingerprint density at radius 3 is 2.42 bits per heavy atom. The van der Waals surface area contributed by atoms with Gasteiger partial charge in [-0.3, -0.25) is 0 Å². The van der Waals surface area contributed by atoms with E-state index in [0.717, 1.165) is 6.07 Å². The van der Waals surface area contributed by atoms with E-state index in [1.54, 1.807) is 0 Å². The number of nitrogens with zero attached hydrogens (tertiary/aromatic N) is 1. The Kier molecular flexibility index (Phi) is 5.27. The van der Waals surface area contributed by atoms with E-state index in [2.05, 4.69) is 38.0 Å². The molecule has 0 radical (unpaired) electrons. The molecule has 0 fully saturated rings. The third-order valence-electron chi connectivity index (χ3n) is 3.34. The summed E-state index contributed by atoms with van der Waals surface area (Å²) in [6.45, 7) is 9.03. The summed E-state index contributed by atoms with van der Waals surface area (Å²) in [6, 6.07) is 1.16. The molecule has 1 heterocycles. The molecule has 1 aromatic heterocycles. The standard InChI is InChI=1S/C14H21FN2O2/c1-8(2)11(9(3)4)7-17-13-12(15)10(14(18)19)5-6-16-13/h5-6,8-9,11H,7H2,1-4H3,(H,16,17)(H,18,19). The lowest BCUT2D eigenvalue weighted by Gasteiger charge is -2.25. The van der Waals surface area contributed by atoms with Crippen LogP contribution in [0.1, 0.15) is 38.1 Å². The zero-order chi connectivity index (χ0) is 14.6. The molecular formula is C14H21FN2O2. The molecule has 0 amide bonds. The van der Waals surface area contributed by atoms with Crippen LogP contribution in [0.3, 0.4) is 0 Å². The van der Waals surface area contributed by atoms with Crippen LogP contribution in [0, 0.1) is 23.6 Å². The minimum atomic E-state index is -1.28. The van der Waals surface area contributed by atoms with Crippen molar-refractivity contribution in [2.24, 2.45) is 17.8 Å². The van der Waals surface area contributed by atoms with Gasteiger partial charge in [0, 0.05) is 12.7 Å². The molecule has 1 aromatic rings. The third-order valence-corrected chi connectivity index (χ3v) is 3.34. The van der Waals surface area contributed by atoms with Crippen molar-refractivity contribution in [3.8, 4) is 0 Å². The highest BCUT2D eigenvalue weighted by Crippen LogP contribution is 2.22. The minimum Gasteiger partial charge on any atom is -0.478 e. The monoisotopic (exact) mass is 268 g/mol. The first-order valence-corrected chi connectivity index (χ1v) is 6.46. The molecule has 0 aliphatic heterocycles. The van der Waals surface area contributed by atoms with E-state index in [4.69, 9.17) is 5.11 Å². The average molecular weight is 268 g/mol. The molecule has 0 saturated heterocycles. The van der Waals surface area contributed by atoms with Crippen molar-refractivity contribution in [3.63, 3.8) is 0 Å². The number of hydrogen-bond acceptors (Lipinski definition) is 3. The molecule has 0 spiro atoms. The maximum atomic E-state index is 13.9. The van der Waals surface area contributed by atoms with Gasteiger partial charge in [-0.25, -0.2) is 14.2 Å². The maximum Gasteiger partial charge on any atom is 0.338 e. The topological polar surface area (TPSA) is 62.2 Å². The molecule has 0 unspecified atom stereocenters. The smallest absolute Gasteiger partial charge is 0.338 e. The van der Waals surface area contributed by atoms with Crippen LogP contribution in [0.25, 0.3) is 0 Å². The Bertz CT molecular complexity index is 439. The number of carboxylic acids is 1. The molecular weight excluding hydrogens is 247 g/mol. The van der Waals surface area contributed by atoms with Crippen LogP contribution in [-0.2, 0) is 0 Å². The van der Waals surface area contributed by atoms with E-state index >= 15 is 0 Å². The van der Waals surface area contributed by atoms with Gasteiger partial charge in [0.25, 0.3) is 0 Å². The van der Waals surface area contributed by atoms with Gasteiger partial charge in [0.1, 0.15) is 5.56 Å². The van der Waals surface area contributed by atoms with E-state index < -0.39 is 11.8 Å². The number of pyridine rings is 1. The largest absolute Gasteiger partial charge is 0.478 e. The molecule has 1 rings (SSSR count). The van der Waals surface area contributed by atoms with Gasteiger partial charge in [0.2, 0.25) is 0 Å². The third kappa shape index (κ3) is 3.91. The van der Waals surface area contributed by atoms with E-state index in [0.29, 0.717) is 24.3 Å². The quantitative estimate of drug-likeness (QED) is 0.831. The van der Waals surface area contributed by atoms with Crippen LogP contribution >= 0.6 is 0 Å². The fourth-order valence-electron chi connectivity index (χ4n) is 2.19. The van der Waals surface area contributed by atoms with Crippen LogP contribution in [0.15, 0.2) is 12.3 Å². The zero-order valence-electron chi connectivity index (χ0n) is 11.8. The molecule has 5 heteroatoms. The summed E-state index contributed by atoms with van der Waals surface area (Å²) < 4.78 is 13.9. The summed E-state index contributed by atoms with van der Waals surface area (Å²) in [4.78, 5) is 14.7. The van der Waals surface area contributed by atoms with Crippen molar-refractivity contribution in [3.05, 3.63) is 23.6 Å². The fourth-order valence-corrected chi connectivity index (χ4v) is 2.19. The number of aromatic carboxylic acids is 1. The predicted octanol–water partition coefficient (Wildman–Crippen LogP) is 3.26. The highest BCUT2D eigenvalue weighted by atomic mass is 19.1. The lowest BCUT2D eigenvalue weighted by atomic mass is 9.85. The van der Waals surface area contributed by atoms with Crippen LogP contribution in [0.5, 0.6) is 0 Å². The number of carboxylic acid groups (broad SMARTS) is 1. The van der Waals surface area contributed by atoms with Crippen molar-refractivity contribution in [1.82, 2.24) is 4.98 Å². The van der Waals surface area contributed by atoms with Crippen molar-refractivity contribution in [2.75, 3.05) is 11.9 Å². The second-order valence-corrected chi connectivity index (χ2v) is 5.36. The summed E-state index contributed by atoms with van der Waals surface area (Å²) in [5.74, 6) is -0.800. The normalized spacial score (nSPS) is 11.4. The Morgan fingerprint density at radius 2 is 1.95 bits per heavy atom. The summed E-state index contributed by atoms with van der Waals surface area (Å²) in [6.07, 6.45) is 1.30. The molecule has 0 aliphatic rings. The number of hydrogen-bond donors (Lipinski definition) is 2. The Hall–Kier alpha value is -1.65. The molecule has 4 nitrogen and oxygen atoms in total. The van der Waals surface area contributed by atoms with Crippen molar-refractivity contribution < 1.29 is 14.3 Å². The fraction of sp³-hybridized carbons (Fsp3) is 0.571. The molecule has 0 aliphatic carbocycles. The minimum absolute atomic E-state index is 0.00574. The SMILES string of the molecule is CC(C)C(CNc1nccc(C(=O)O)c1F)C(C)C. The van der Waals surface area contributed by atoms with E-state index in [1.807, 2.05) is 0 Å². The molecule has 0 saturated carbocycles. The Balaban J connectivity index is 2.83. The number of carbonyl (C=O) groups is 1. The zero-order valence-corrected chi connectivity index (χ0v) is 11.8. The lowest BCUT2D eigenvalue weighted by Crippen LogP contribution is -2.25. The average Bonchev–Trinajstić information content (AvgIpc) is 2.30. The van der Waals surface area contributed by atoms with Crippen LogP contribution < -0.4 is 5.32 Å². The van der Waals surface area contributed by atoms with Crippen molar-refractivity contribution in [2.45, 2.75) is 27.7 Å². The molecule has 0 bridgehead atoms. The summed E-state index contributed by atoms with van der Waals surface area (Å²) in [7, 11) is 0. The number of rotatable bonds is 6. The molecule has 0 aromatic carbocycles. The summed E-state index contributed by atoms with van der Waals surface area (Å²) in [5, 5.41) is 11.8.